The largest absolute Gasteiger partial charge is 0.508 e. The summed E-state index contributed by atoms with van der Waals surface area (Å²) >= 11 is 0. The molecule has 2 heterocycles. The molecule has 0 radical (unpaired) electrons. The summed E-state index contributed by atoms with van der Waals surface area (Å²) in [6, 6.07) is 10.4. The molecule has 0 spiro atoms. The minimum atomic E-state index is -4.43. The average Bonchev–Trinajstić information content (AvgIpc) is 3.12. The third kappa shape index (κ3) is 3.71. The molecule has 0 saturated heterocycles. The summed E-state index contributed by atoms with van der Waals surface area (Å²) in [5, 5.41) is 12.3. The zero-order chi connectivity index (χ0) is 20.6. The van der Waals surface area contributed by atoms with E-state index in [4.69, 9.17) is 0 Å². The van der Waals surface area contributed by atoms with E-state index in [-0.39, 0.29) is 11.4 Å². The predicted octanol–water partition coefficient (Wildman–Crippen LogP) is 4.46. The average molecular weight is 400 g/mol. The molecule has 148 valence electrons. The molecular weight excluding hydrogens is 385 g/mol. The van der Waals surface area contributed by atoms with E-state index in [1.54, 1.807) is 24.3 Å². The predicted molar refractivity (Wildman–Crippen MR) is 101 cm³/mol. The van der Waals surface area contributed by atoms with Gasteiger partial charge in [0.05, 0.1) is 11.3 Å². The Morgan fingerprint density at radius 2 is 1.86 bits per heavy atom. The molecule has 0 bridgehead atoms. The number of hydrogen-bond donors (Lipinski definition) is 2. The zero-order valence-electron chi connectivity index (χ0n) is 14.9. The van der Waals surface area contributed by atoms with E-state index in [1.807, 2.05) is 0 Å². The Morgan fingerprint density at radius 3 is 2.55 bits per heavy atom. The van der Waals surface area contributed by atoms with E-state index in [1.165, 1.54) is 23.4 Å². The van der Waals surface area contributed by atoms with Gasteiger partial charge in [0.15, 0.2) is 0 Å². The van der Waals surface area contributed by atoms with Gasteiger partial charge in [-0.2, -0.15) is 13.2 Å². The molecule has 29 heavy (non-hydrogen) atoms. The highest BCUT2D eigenvalue weighted by Crippen LogP contribution is 2.34. The van der Waals surface area contributed by atoms with Crippen molar-refractivity contribution in [3.63, 3.8) is 0 Å². The van der Waals surface area contributed by atoms with Crippen molar-refractivity contribution in [2.75, 3.05) is 16.8 Å². The number of rotatable bonds is 2. The van der Waals surface area contributed by atoms with Crippen molar-refractivity contribution in [3.8, 4) is 17.0 Å². The molecule has 4 rings (SSSR count). The molecule has 2 amide bonds. The minimum absolute atomic E-state index is 0.102. The molecule has 2 aromatic carbocycles. The summed E-state index contributed by atoms with van der Waals surface area (Å²) in [7, 11) is 0. The number of phenols is 1. The Morgan fingerprint density at radius 1 is 1.10 bits per heavy atom. The van der Waals surface area contributed by atoms with Crippen LogP contribution in [0.3, 0.4) is 0 Å². The zero-order valence-corrected chi connectivity index (χ0v) is 14.9. The van der Waals surface area contributed by atoms with E-state index in [9.17, 15) is 23.1 Å². The molecule has 2 N–H and O–H groups in total. The van der Waals surface area contributed by atoms with E-state index in [0.717, 1.165) is 17.7 Å². The maximum atomic E-state index is 12.7. The molecule has 0 aliphatic carbocycles. The second kappa shape index (κ2) is 7.08. The number of amides is 2. The molecule has 3 aromatic rings. The molecule has 1 aromatic heterocycles. The number of halogens is 3. The van der Waals surface area contributed by atoms with Crippen molar-refractivity contribution in [1.82, 2.24) is 9.97 Å². The van der Waals surface area contributed by atoms with Gasteiger partial charge in [-0.3, -0.25) is 4.90 Å². The summed E-state index contributed by atoms with van der Waals surface area (Å²) in [6.45, 7) is 0.353. The second-order valence-electron chi connectivity index (χ2n) is 6.48. The Balaban J connectivity index is 1.57. The first-order valence-corrected chi connectivity index (χ1v) is 8.72. The fourth-order valence-corrected chi connectivity index (χ4v) is 3.23. The topological polar surface area (TPSA) is 78.4 Å². The molecule has 9 heteroatoms. The number of hydrogen-bond acceptors (Lipinski definition) is 4. The Bertz CT molecular complexity index is 1070. The molecule has 0 atom stereocenters. The standard InChI is InChI=1S/C20H15F3N4O2/c21-20(22,23)13-4-6-14(7-5-13)26-19(29)27-9-8-16-17(24-11-25-18(16)27)12-2-1-3-15(28)10-12/h1-7,10-11,28H,8-9H2,(H,26,29). The van der Waals surface area contributed by atoms with Crippen molar-refractivity contribution in [2.24, 2.45) is 0 Å². The molecule has 0 unspecified atom stereocenters. The van der Waals surface area contributed by atoms with E-state index < -0.39 is 17.8 Å². The Hall–Kier alpha value is -3.62. The number of urea groups is 1. The smallest absolute Gasteiger partial charge is 0.416 e. The number of alkyl halides is 3. The fourth-order valence-electron chi connectivity index (χ4n) is 3.23. The van der Waals surface area contributed by atoms with Gasteiger partial charge in [0.25, 0.3) is 0 Å². The Kier molecular flexibility index (Phi) is 4.57. The highest BCUT2D eigenvalue weighted by atomic mass is 19.4. The number of fused-ring (bicyclic) bond motifs is 1. The van der Waals surface area contributed by atoms with Crippen LogP contribution in [0, 0.1) is 0 Å². The van der Waals surface area contributed by atoms with Gasteiger partial charge in [0, 0.05) is 23.4 Å². The van der Waals surface area contributed by atoms with Gasteiger partial charge in [-0.05, 0) is 42.8 Å². The molecule has 6 nitrogen and oxygen atoms in total. The lowest BCUT2D eigenvalue weighted by molar-refractivity contribution is -0.137. The first kappa shape index (κ1) is 18.7. The lowest BCUT2D eigenvalue weighted by Gasteiger charge is -2.17. The molecule has 0 fully saturated rings. The van der Waals surface area contributed by atoms with Crippen LogP contribution >= 0.6 is 0 Å². The van der Waals surface area contributed by atoms with E-state index in [2.05, 4.69) is 15.3 Å². The number of phenolic OH excluding ortho intramolecular Hbond substituents is 1. The molecule has 1 aliphatic heterocycles. The van der Waals surface area contributed by atoms with Crippen LogP contribution in [-0.2, 0) is 12.6 Å². The SMILES string of the molecule is O=C(Nc1ccc(C(F)(F)F)cc1)N1CCc2c(-c3cccc(O)c3)ncnc21. The number of aromatic hydroxyl groups is 1. The quantitative estimate of drug-likeness (QED) is 0.666. The number of anilines is 2. The summed E-state index contributed by atoms with van der Waals surface area (Å²) in [5.41, 5.74) is 1.55. The minimum Gasteiger partial charge on any atom is -0.508 e. The van der Waals surface area contributed by atoms with Crippen LogP contribution in [-0.4, -0.2) is 27.7 Å². The van der Waals surface area contributed by atoms with Crippen LogP contribution in [0.5, 0.6) is 5.75 Å². The van der Waals surface area contributed by atoms with Crippen LogP contribution < -0.4 is 10.2 Å². The van der Waals surface area contributed by atoms with Gasteiger partial charge in [0.2, 0.25) is 0 Å². The number of aromatic nitrogens is 2. The summed E-state index contributed by atoms with van der Waals surface area (Å²) < 4.78 is 38.0. The number of carbonyl (C=O) groups excluding carboxylic acids is 1. The summed E-state index contributed by atoms with van der Waals surface area (Å²) in [5.74, 6) is 0.535. The third-order valence-electron chi connectivity index (χ3n) is 4.59. The normalized spacial score (nSPS) is 13.3. The first-order chi connectivity index (χ1) is 13.8. The van der Waals surface area contributed by atoms with Gasteiger partial charge >= 0.3 is 12.2 Å². The van der Waals surface area contributed by atoms with E-state index in [0.29, 0.717) is 30.0 Å². The van der Waals surface area contributed by atoms with Crippen molar-refractivity contribution in [1.29, 1.82) is 0 Å². The Labute approximate surface area is 163 Å². The molecule has 1 aliphatic rings. The van der Waals surface area contributed by atoms with E-state index >= 15 is 0 Å². The highest BCUT2D eigenvalue weighted by Gasteiger charge is 2.31. The summed E-state index contributed by atoms with van der Waals surface area (Å²) in [6.07, 6.45) is -2.58. The monoisotopic (exact) mass is 400 g/mol. The third-order valence-corrected chi connectivity index (χ3v) is 4.59. The van der Waals surface area contributed by atoms with Crippen LogP contribution in [0.4, 0.5) is 29.5 Å². The van der Waals surface area contributed by atoms with Crippen molar-refractivity contribution in [3.05, 3.63) is 66.0 Å². The van der Waals surface area contributed by atoms with Crippen molar-refractivity contribution in [2.45, 2.75) is 12.6 Å². The van der Waals surface area contributed by atoms with Gasteiger partial charge in [-0.25, -0.2) is 14.8 Å². The lowest BCUT2D eigenvalue weighted by atomic mass is 10.1. The molecule has 0 saturated carbocycles. The lowest BCUT2D eigenvalue weighted by Crippen LogP contribution is -2.33. The molecular formula is C20H15F3N4O2. The van der Waals surface area contributed by atoms with Crippen molar-refractivity contribution >= 4 is 17.5 Å². The number of benzene rings is 2. The maximum Gasteiger partial charge on any atom is 0.416 e. The van der Waals surface area contributed by atoms with Gasteiger partial charge in [-0.15, -0.1) is 0 Å². The fraction of sp³-hybridized carbons (Fsp3) is 0.150. The van der Waals surface area contributed by atoms with Gasteiger partial charge < -0.3 is 10.4 Å². The second-order valence-corrected chi connectivity index (χ2v) is 6.48. The van der Waals surface area contributed by atoms with Gasteiger partial charge in [-0.1, -0.05) is 12.1 Å². The van der Waals surface area contributed by atoms with Gasteiger partial charge in [0.1, 0.15) is 17.9 Å². The number of carbonyl (C=O) groups is 1. The highest BCUT2D eigenvalue weighted by molar-refractivity contribution is 6.03. The first-order valence-electron chi connectivity index (χ1n) is 8.72. The number of nitrogens with zero attached hydrogens (tertiary/aromatic N) is 3. The van der Waals surface area contributed by atoms with Crippen LogP contribution in [0.25, 0.3) is 11.3 Å². The van der Waals surface area contributed by atoms with Crippen LogP contribution in [0.1, 0.15) is 11.1 Å². The van der Waals surface area contributed by atoms with Crippen LogP contribution in [0.15, 0.2) is 54.9 Å². The maximum absolute atomic E-state index is 12.7. The van der Waals surface area contributed by atoms with Crippen molar-refractivity contribution < 1.29 is 23.1 Å². The summed E-state index contributed by atoms with van der Waals surface area (Å²) in [4.78, 5) is 22.6. The van der Waals surface area contributed by atoms with Crippen LogP contribution in [0.2, 0.25) is 0 Å². The number of nitrogens with one attached hydrogen (secondary N) is 1.